The van der Waals surface area contributed by atoms with Gasteiger partial charge in [0.2, 0.25) is 0 Å². The number of anilines is 1. The minimum atomic E-state index is -0.619. The Labute approximate surface area is 203 Å². The van der Waals surface area contributed by atoms with E-state index in [-0.39, 0.29) is 0 Å². The van der Waals surface area contributed by atoms with Gasteiger partial charge in [-0.05, 0) is 49.4 Å². The predicted molar refractivity (Wildman–Crippen MR) is 129 cm³/mol. The molecular formula is C23H17ClN4O3S2. The van der Waals surface area contributed by atoms with Gasteiger partial charge in [0.15, 0.2) is 17.4 Å². The minimum Gasteiger partial charge on any atom is -0.451 e. The monoisotopic (exact) mass is 496 g/mol. The zero-order valence-electron chi connectivity index (χ0n) is 17.3. The first-order valence-corrected chi connectivity index (χ1v) is 11.7. The number of hydrogen-bond donors (Lipinski definition) is 1. The zero-order chi connectivity index (χ0) is 23.2. The molecule has 0 saturated heterocycles. The molecule has 33 heavy (non-hydrogen) atoms. The molecule has 10 heteroatoms. The van der Waals surface area contributed by atoms with Crippen molar-refractivity contribution in [1.82, 2.24) is 15.0 Å². The van der Waals surface area contributed by atoms with Crippen molar-refractivity contribution in [3.8, 4) is 10.8 Å². The normalized spacial score (nSPS) is 10.6. The molecule has 1 N–H and O–H groups in total. The third kappa shape index (κ3) is 5.95. The number of thiazole rings is 1. The number of amides is 1. The van der Waals surface area contributed by atoms with Crippen molar-refractivity contribution in [1.29, 1.82) is 0 Å². The summed E-state index contributed by atoms with van der Waals surface area (Å²) >= 11 is 8.56. The van der Waals surface area contributed by atoms with Gasteiger partial charge in [0.05, 0.1) is 11.4 Å². The van der Waals surface area contributed by atoms with Crippen LogP contribution in [0.15, 0.2) is 76.8 Å². The highest BCUT2D eigenvalue weighted by molar-refractivity contribution is 7.99. The van der Waals surface area contributed by atoms with E-state index in [9.17, 15) is 9.59 Å². The molecule has 0 bridgehead atoms. The Hall–Kier alpha value is -3.27. The van der Waals surface area contributed by atoms with Crippen LogP contribution < -0.4 is 5.32 Å². The molecule has 0 spiro atoms. The summed E-state index contributed by atoms with van der Waals surface area (Å²) < 4.78 is 5.22. The fourth-order valence-corrected chi connectivity index (χ4v) is 4.70. The Morgan fingerprint density at radius 3 is 2.55 bits per heavy atom. The fourth-order valence-electron chi connectivity index (χ4n) is 2.76. The maximum Gasteiger partial charge on any atom is 0.350 e. The molecule has 0 aliphatic rings. The molecule has 0 aliphatic carbocycles. The summed E-state index contributed by atoms with van der Waals surface area (Å²) in [5.41, 5.74) is 1.12. The third-order valence-electron chi connectivity index (χ3n) is 4.28. The van der Waals surface area contributed by atoms with E-state index in [2.05, 4.69) is 20.3 Å². The van der Waals surface area contributed by atoms with Gasteiger partial charge in [0.1, 0.15) is 4.88 Å². The van der Waals surface area contributed by atoms with Crippen LogP contribution in [0.5, 0.6) is 0 Å². The van der Waals surface area contributed by atoms with Crippen molar-refractivity contribution >= 4 is 52.3 Å². The Bertz CT molecular complexity index is 1280. The van der Waals surface area contributed by atoms with Crippen LogP contribution in [0.3, 0.4) is 0 Å². The van der Waals surface area contributed by atoms with Gasteiger partial charge in [0.25, 0.3) is 5.91 Å². The van der Waals surface area contributed by atoms with Gasteiger partial charge in [-0.3, -0.25) is 4.79 Å². The molecule has 0 saturated carbocycles. The van der Waals surface area contributed by atoms with E-state index < -0.39 is 18.5 Å². The molecule has 2 heterocycles. The Balaban J connectivity index is 1.38. The summed E-state index contributed by atoms with van der Waals surface area (Å²) in [5.74, 6) is -0.635. The summed E-state index contributed by atoms with van der Waals surface area (Å²) in [6.45, 7) is 1.27. The minimum absolute atomic E-state index is 0.309. The molecule has 7 nitrogen and oxygen atoms in total. The molecule has 0 aliphatic heterocycles. The first-order valence-electron chi connectivity index (χ1n) is 9.74. The Kier molecular flexibility index (Phi) is 7.33. The number of carbonyl (C=O) groups is 2. The number of aromatic nitrogens is 3. The highest BCUT2D eigenvalue weighted by Gasteiger charge is 2.20. The third-order valence-corrected chi connectivity index (χ3v) is 6.75. The van der Waals surface area contributed by atoms with Crippen LogP contribution in [0.2, 0.25) is 5.02 Å². The number of esters is 1. The second kappa shape index (κ2) is 10.6. The Morgan fingerprint density at radius 1 is 1.06 bits per heavy atom. The van der Waals surface area contributed by atoms with Crippen LogP contribution in [0.4, 0.5) is 5.69 Å². The molecule has 4 rings (SSSR count). The summed E-state index contributed by atoms with van der Waals surface area (Å²) in [7, 11) is 0. The first kappa shape index (κ1) is 22.9. The van der Waals surface area contributed by atoms with E-state index in [4.69, 9.17) is 16.3 Å². The molecule has 0 fully saturated rings. The molecule has 4 aromatic rings. The summed E-state index contributed by atoms with van der Waals surface area (Å²) in [6, 6.07) is 16.5. The maximum atomic E-state index is 12.5. The number of nitrogens with one attached hydrogen (secondary N) is 1. The van der Waals surface area contributed by atoms with Gasteiger partial charge in [-0.2, -0.15) is 0 Å². The lowest BCUT2D eigenvalue weighted by Crippen LogP contribution is -2.21. The maximum absolute atomic E-state index is 12.5. The van der Waals surface area contributed by atoms with Crippen LogP contribution in [-0.2, 0) is 9.53 Å². The molecule has 0 unspecified atom stereocenters. The van der Waals surface area contributed by atoms with E-state index in [1.165, 1.54) is 11.8 Å². The number of aryl methyl sites for hydroxylation is 1. The summed E-state index contributed by atoms with van der Waals surface area (Å²) in [5, 5.41) is 3.97. The predicted octanol–water partition coefficient (Wildman–Crippen LogP) is 5.51. The van der Waals surface area contributed by atoms with Gasteiger partial charge in [-0.25, -0.2) is 19.7 Å². The second-order valence-electron chi connectivity index (χ2n) is 6.68. The van der Waals surface area contributed by atoms with Crippen molar-refractivity contribution in [3.63, 3.8) is 0 Å². The van der Waals surface area contributed by atoms with Gasteiger partial charge in [0, 0.05) is 27.2 Å². The van der Waals surface area contributed by atoms with E-state index in [0.717, 1.165) is 21.1 Å². The molecule has 2 aromatic carbocycles. The number of benzene rings is 2. The standard InChI is InChI=1S/C23H17ClN4O3S2/c1-14-20(33-22(27-14)21-25-11-4-12-26-21)23(30)31-13-19(29)28-17-5-2-3-6-18(17)32-16-9-7-15(24)8-10-16/h2-12H,13H2,1H3,(H,28,29). The second-order valence-corrected chi connectivity index (χ2v) is 9.23. The quantitative estimate of drug-likeness (QED) is 0.337. The van der Waals surface area contributed by atoms with Crippen LogP contribution in [0.25, 0.3) is 10.8 Å². The topological polar surface area (TPSA) is 94.1 Å². The van der Waals surface area contributed by atoms with Gasteiger partial charge in [-0.1, -0.05) is 35.5 Å². The van der Waals surface area contributed by atoms with Crippen molar-refractivity contribution in [2.45, 2.75) is 16.7 Å². The van der Waals surface area contributed by atoms with Gasteiger partial charge < -0.3 is 10.1 Å². The SMILES string of the molecule is Cc1nc(-c2ncccn2)sc1C(=O)OCC(=O)Nc1ccccc1Sc1ccc(Cl)cc1. The number of rotatable bonds is 7. The highest BCUT2D eigenvalue weighted by atomic mass is 35.5. The summed E-state index contributed by atoms with van der Waals surface area (Å²) in [4.78, 5) is 39.7. The average molecular weight is 497 g/mol. The van der Waals surface area contributed by atoms with E-state index in [1.807, 2.05) is 30.3 Å². The van der Waals surface area contributed by atoms with Crippen LogP contribution in [0, 0.1) is 6.92 Å². The van der Waals surface area contributed by atoms with E-state index in [1.54, 1.807) is 43.6 Å². The molecule has 0 atom stereocenters. The lowest BCUT2D eigenvalue weighted by Gasteiger charge is -2.11. The number of nitrogens with zero attached hydrogens (tertiary/aromatic N) is 3. The van der Waals surface area contributed by atoms with Crippen LogP contribution in [-0.4, -0.2) is 33.4 Å². The molecule has 166 valence electrons. The number of para-hydroxylation sites is 1. The fraction of sp³-hybridized carbons (Fsp3) is 0.0870. The lowest BCUT2D eigenvalue weighted by atomic mass is 10.3. The van der Waals surface area contributed by atoms with Crippen molar-refractivity contribution in [3.05, 3.63) is 82.6 Å². The highest BCUT2D eigenvalue weighted by Crippen LogP contribution is 2.34. The number of carbonyl (C=O) groups excluding carboxylic acids is 2. The molecule has 1 amide bonds. The summed E-state index contributed by atoms with van der Waals surface area (Å²) in [6.07, 6.45) is 3.20. The van der Waals surface area contributed by atoms with Crippen molar-refractivity contribution < 1.29 is 14.3 Å². The van der Waals surface area contributed by atoms with Gasteiger partial charge in [-0.15, -0.1) is 11.3 Å². The number of hydrogen-bond acceptors (Lipinski definition) is 8. The smallest absolute Gasteiger partial charge is 0.350 e. The number of ether oxygens (including phenoxy) is 1. The van der Waals surface area contributed by atoms with Crippen LogP contribution in [0.1, 0.15) is 15.4 Å². The molecular weight excluding hydrogens is 480 g/mol. The zero-order valence-corrected chi connectivity index (χ0v) is 19.7. The molecule has 0 radical (unpaired) electrons. The number of halogens is 1. The van der Waals surface area contributed by atoms with Gasteiger partial charge >= 0.3 is 5.97 Å². The lowest BCUT2D eigenvalue weighted by molar-refractivity contribution is -0.119. The largest absolute Gasteiger partial charge is 0.451 e. The van der Waals surface area contributed by atoms with Crippen LogP contribution >= 0.6 is 34.7 Å². The van der Waals surface area contributed by atoms with E-state index >= 15 is 0 Å². The van der Waals surface area contributed by atoms with Crippen molar-refractivity contribution in [2.75, 3.05) is 11.9 Å². The van der Waals surface area contributed by atoms with E-state index in [0.29, 0.717) is 32.1 Å². The molecule has 2 aromatic heterocycles. The average Bonchev–Trinajstić information content (AvgIpc) is 3.22. The first-order chi connectivity index (χ1) is 16.0. The van der Waals surface area contributed by atoms with Crippen molar-refractivity contribution in [2.24, 2.45) is 0 Å². The Morgan fingerprint density at radius 2 is 1.79 bits per heavy atom.